The smallest absolute Gasteiger partial charge is 0.244 e. The van der Waals surface area contributed by atoms with Crippen LogP contribution in [0.5, 0.6) is 0 Å². The molecular formula is C28H29BrCl3N3O4S. The van der Waals surface area contributed by atoms with Crippen molar-refractivity contribution < 1.29 is 18.0 Å². The van der Waals surface area contributed by atoms with E-state index in [0.717, 1.165) is 26.2 Å². The van der Waals surface area contributed by atoms with Crippen LogP contribution in [0.3, 0.4) is 0 Å². The maximum absolute atomic E-state index is 14.1. The quantitative estimate of drug-likeness (QED) is 0.225. The standard InChI is InChI=1S/C28H29BrCl3N3O4S/c1-3-12-33-28(37)26(14-19-8-5-4-6-9-19)34(17-20-10-7-11-21(29)13-20)27(36)18-35(40(2,38)39)25-16-23(31)22(30)15-24(25)32/h4-11,13,15-16,26H,3,12,14,17-18H2,1-2H3,(H,33,37)/t26-/m1/s1. The fraction of sp³-hybridized carbons (Fsp3) is 0.286. The lowest BCUT2D eigenvalue weighted by Crippen LogP contribution is -2.53. The number of nitrogens with one attached hydrogen (secondary N) is 1. The molecule has 3 aromatic rings. The molecule has 0 aliphatic rings. The molecule has 0 unspecified atom stereocenters. The van der Waals surface area contributed by atoms with E-state index in [-0.39, 0.29) is 39.6 Å². The Morgan fingerprint density at radius 3 is 2.20 bits per heavy atom. The van der Waals surface area contributed by atoms with Gasteiger partial charge < -0.3 is 10.2 Å². The number of carbonyl (C=O) groups is 2. The Morgan fingerprint density at radius 2 is 1.57 bits per heavy atom. The number of sulfonamides is 1. The summed E-state index contributed by atoms with van der Waals surface area (Å²) in [4.78, 5) is 29.0. The molecule has 1 atom stereocenters. The van der Waals surface area contributed by atoms with E-state index in [2.05, 4.69) is 21.2 Å². The minimum absolute atomic E-state index is 0.00404. The van der Waals surface area contributed by atoms with Crippen LogP contribution in [0, 0.1) is 0 Å². The number of rotatable bonds is 12. The minimum atomic E-state index is -4.01. The van der Waals surface area contributed by atoms with Gasteiger partial charge in [-0.1, -0.05) is 100 Å². The van der Waals surface area contributed by atoms with Gasteiger partial charge in [-0.05, 0) is 41.8 Å². The Balaban J connectivity index is 2.08. The normalized spacial score (nSPS) is 12.1. The molecule has 0 aliphatic heterocycles. The molecule has 2 amide bonds. The summed E-state index contributed by atoms with van der Waals surface area (Å²) >= 11 is 22.0. The van der Waals surface area contributed by atoms with Gasteiger partial charge in [-0.25, -0.2) is 8.42 Å². The predicted octanol–water partition coefficient (Wildman–Crippen LogP) is 6.34. The van der Waals surface area contributed by atoms with Crippen molar-refractivity contribution in [2.75, 3.05) is 23.7 Å². The van der Waals surface area contributed by atoms with E-state index < -0.39 is 28.5 Å². The highest BCUT2D eigenvalue weighted by molar-refractivity contribution is 9.10. The van der Waals surface area contributed by atoms with Crippen LogP contribution in [-0.4, -0.2) is 50.5 Å². The van der Waals surface area contributed by atoms with Gasteiger partial charge in [0.1, 0.15) is 12.6 Å². The summed E-state index contributed by atoms with van der Waals surface area (Å²) < 4.78 is 27.5. The van der Waals surface area contributed by atoms with Crippen LogP contribution in [-0.2, 0) is 32.6 Å². The second-order valence-electron chi connectivity index (χ2n) is 9.14. The molecule has 0 bridgehead atoms. The van der Waals surface area contributed by atoms with Crippen molar-refractivity contribution in [2.24, 2.45) is 0 Å². The fourth-order valence-corrected chi connectivity index (χ4v) is 6.04. The van der Waals surface area contributed by atoms with Gasteiger partial charge in [-0.3, -0.25) is 13.9 Å². The van der Waals surface area contributed by atoms with Crippen molar-refractivity contribution in [2.45, 2.75) is 32.4 Å². The molecule has 3 rings (SSSR count). The Bertz CT molecular complexity index is 1460. The molecule has 0 fully saturated rings. The molecule has 0 radical (unpaired) electrons. The van der Waals surface area contributed by atoms with E-state index in [1.54, 1.807) is 0 Å². The third kappa shape index (κ3) is 8.85. The van der Waals surface area contributed by atoms with Crippen LogP contribution < -0.4 is 9.62 Å². The van der Waals surface area contributed by atoms with Crippen LogP contribution in [0.2, 0.25) is 15.1 Å². The van der Waals surface area contributed by atoms with Crippen molar-refractivity contribution in [1.82, 2.24) is 10.2 Å². The van der Waals surface area contributed by atoms with Crippen LogP contribution in [0.25, 0.3) is 0 Å². The Kier molecular flexibility index (Phi) is 11.7. The number of hydrogen-bond donors (Lipinski definition) is 1. The summed E-state index contributed by atoms with van der Waals surface area (Å²) in [5, 5.41) is 3.12. The molecule has 0 spiro atoms. The molecule has 12 heteroatoms. The molecule has 0 saturated carbocycles. The number of halogens is 4. The third-order valence-corrected chi connectivity index (χ3v) is 8.64. The van der Waals surface area contributed by atoms with Gasteiger partial charge in [0.25, 0.3) is 0 Å². The van der Waals surface area contributed by atoms with Gasteiger partial charge in [0.15, 0.2) is 0 Å². The topological polar surface area (TPSA) is 86.8 Å². The largest absolute Gasteiger partial charge is 0.354 e. The first kappa shape index (κ1) is 32.2. The molecular weight excluding hydrogens is 661 g/mol. The Labute approximate surface area is 258 Å². The lowest BCUT2D eigenvalue weighted by atomic mass is 10.0. The van der Waals surface area contributed by atoms with Gasteiger partial charge >= 0.3 is 0 Å². The zero-order valence-electron chi connectivity index (χ0n) is 21.9. The van der Waals surface area contributed by atoms with Crippen molar-refractivity contribution in [3.05, 3.63) is 97.4 Å². The van der Waals surface area contributed by atoms with Crippen molar-refractivity contribution in [3.63, 3.8) is 0 Å². The summed E-state index contributed by atoms with van der Waals surface area (Å²) in [6.45, 7) is 1.80. The SMILES string of the molecule is CCCNC(=O)[C@@H](Cc1ccccc1)N(Cc1cccc(Br)c1)C(=O)CN(c1cc(Cl)c(Cl)cc1Cl)S(C)(=O)=O. The average Bonchev–Trinajstić information content (AvgIpc) is 2.90. The number of carbonyl (C=O) groups excluding carboxylic acids is 2. The highest BCUT2D eigenvalue weighted by Crippen LogP contribution is 2.35. The third-order valence-electron chi connectivity index (χ3n) is 6.00. The summed E-state index contributed by atoms with van der Waals surface area (Å²) in [6, 6.07) is 18.4. The van der Waals surface area contributed by atoms with E-state index >= 15 is 0 Å². The van der Waals surface area contributed by atoms with Crippen LogP contribution >= 0.6 is 50.7 Å². The van der Waals surface area contributed by atoms with Gasteiger partial charge in [0.05, 0.1) is 27.0 Å². The highest BCUT2D eigenvalue weighted by Gasteiger charge is 2.33. The lowest BCUT2D eigenvalue weighted by Gasteiger charge is -2.33. The van der Waals surface area contributed by atoms with E-state index in [4.69, 9.17) is 34.8 Å². The number of hydrogen-bond acceptors (Lipinski definition) is 4. The second kappa shape index (κ2) is 14.5. The summed E-state index contributed by atoms with van der Waals surface area (Å²) in [5.74, 6) is -0.937. The highest BCUT2D eigenvalue weighted by atomic mass is 79.9. The van der Waals surface area contributed by atoms with Gasteiger partial charge in [-0.2, -0.15) is 0 Å². The number of amides is 2. The molecule has 214 valence electrons. The number of benzene rings is 3. The minimum Gasteiger partial charge on any atom is -0.354 e. The Hall–Kier alpha value is -2.30. The fourth-order valence-electron chi connectivity index (χ4n) is 4.05. The molecule has 0 aliphatic carbocycles. The molecule has 1 N–H and O–H groups in total. The number of nitrogens with zero attached hydrogens (tertiary/aromatic N) is 2. The predicted molar refractivity (Wildman–Crippen MR) is 166 cm³/mol. The first-order chi connectivity index (χ1) is 18.9. The summed E-state index contributed by atoms with van der Waals surface area (Å²) in [7, 11) is -4.01. The second-order valence-corrected chi connectivity index (χ2v) is 13.2. The van der Waals surface area contributed by atoms with Crippen LogP contribution in [0.1, 0.15) is 24.5 Å². The van der Waals surface area contributed by atoms with Gasteiger partial charge in [0.2, 0.25) is 21.8 Å². The molecule has 3 aromatic carbocycles. The van der Waals surface area contributed by atoms with Crippen molar-refractivity contribution >= 4 is 78.3 Å². The number of anilines is 1. The average molecular weight is 690 g/mol. The van der Waals surface area contributed by atoms with Gasteiger partial charge in [0, 0.05) is 24.0 Å². The maximum atomic E-state index is 14.1. The first-order valence-electron chi connectivity index (χ1n) is 12.4. The molecule has 0 saturated heterocycles. The van der Waals surface area contributed by atoms with E-state index in [0.29, 0.717) is 13.0 Å². The zero-order valence-corrected chi connectivity index (χ0v) is 26.6. The zero-order chi connectivity index (χ0) is 29.4. The lowest BCUT2D eigenvalue weighted by molar-refractivity contribution is -0.140. The Morgan fingerprint density at radius 1 is 0.925 bits per heavy atom. The molecule has 0 aromatic heterocycles. The van der Waals surface area contributed by atoms with Crippen molar-refractivity contribution in [3.8, 4) is 0 Å². The van der Waals surface area contributed by atoms with Gasteiger partial charge in [-0.15, -0.1) is 0 Å². The molecule has 40 heavy (non-hydrogen) atoms. The van der Waals surface area contributed by atoms with Crippen LogP contribution in [0.4, 0.5) is 5.69 Å². The van der Waals surface area contributed by atoms with E-state index in [9.17, 15) is 18.0 Å². The molecule has 7 nitrogen and oxygen atoms in total. The first-order valence-corrected chi connectivity index (χ1v) is 16.2. The van der Waals surface area contributed by atoms with E-state index in [1.807, 2.05) is 61.5 Å². The van der Waals surface area contributed by atoms with Crippen LogP contribution in [0.15, 0.2) is 71.2 Å². The van der Waals surface area contributed by atoms with Crippen molar-refractivity contribution in [1.29, 1.82) is 0 Å². The van der Waals surface area contributed by atoms with E-state index in [1.165, 1.54) is 17.0 Å². The molecule has 0 heterocycles. The summed E-state index contributed by atoms with van der Waals surface area (Å²) in [5.41, 5.74) is 1.60. The monoisotopic (exact) mass is 687 g/mol. The maximum Gasteiger partial charge on any atom is 0.244 e. The summed E-state index contributed by atoms with van der Waals surface area (Å²) in [6.07, 6.45) is 1.90.